The van der Waals surface area contributed by atoms with E-state index in [1.54, 1.807) is 30.6 Å². The molecular weight excluding hydrogens is 513 g/mol. The van der Waals surface area contributed by atoms with Crippen LogP contribution in [0.3, 0.4) is 0 Å². The Morgan fingerprint density at radius 2 is 1.92 bits per heavy atom. The number of sulfonamides is 1. The van der Waals surface area contributed by atoms with Crippen molar-refractivity contribution < 1.29 is 22.3 Å². The minimum atomic E-state index is -4.06. The molecule has 0 unspecified atom stereocenters. The number of amidine groups is 1. The normalized spacial score (nSPS) is 13.2. The van der Waals surface area contributed by atoms with Gasteiger partial charge in [0, 0.05) is 24.4 Å². The van der Waals surface area contributed by atoms with E-state index < -0.39 is 21.1 Å². The standard InChI is InChI=1S/C25H30FN7O4S/c1-7-18-12-19(15-28-14-18)24-30-31-25(33(24)23-20(36-5)9-8-10-21(23)37-6)32-38(34,35)17(3)11-22(27-4)29-13-16(2)26/h8-10,12-15,17H,4,7,11H2,1-3,5-6H3,(H,31,32)/b16-13+,29-22?/t17-/m1/s1. The Morgan fingerprint density at radius 1 is 1.24 bits per heavy atom. The number of allylic oxidation sites excluding steroid dienone is 1. The maximum absolute atomic E-state index is 13.4. The second-order valence-corrected chi connectivity index (χ2v) is 10.3. The summed E-state index contributed by atoms with van der Waals surface area (Å²) in [6, 6.07) is 7.06. The number of aromatic nitrogens is 4. The fourth-order valence-electron chi connectivity index (χ4n) is 3.52. The highest BCUT2D eigenvalue weighted by Crippen LogP contribution is 2.37. The van der Waals surface area contributed by atoms with E-state index in [-0.39, 0.29) is 18.2 Å². The molecule has 0 fully saturated rings. The Hall–Kier alpha value is -4.13. The Labute approximate surface area is 221 Å². The first-order valence-corrected chi connectivity index (χ1v) is 13.2. The summed E-state index contributed by atoms with van der Waals surface area (Å²) in [5.74, 6) is 0.540. The summed E-state index contributed by atoms with van der Waals surface area (Å²) in [5, 5.41) is 7.42. The summed E-state index contributed by atoms with van der Waals surface area (Å²) >= 11 is 0. The lowest BCUT2D eigenvalue weighted by atomic mass is 10.1. The molecule has 0 aliphatic heterocycles. The third kappa shape index (κ3) is 6.40. The molecule has 0 saturated heterocycles. The number of methoxy groups -OCH3 is 2. The Morgan fingerprint density at radius 3 is 2.50 bits per heavy atom. The number of aryl methyl sites for hydroxylation is 1. The molecule has 3 aromatic rings. The van der Waals surface area contributed by atoms with Crippen molar-refractivity contribution in [3.05, 3.63) is 54.2 Å². The quantitative estimate of drug-likeness (QED) is 0.281. The zero-order valence-corrected chi connectivity index (χ0v) is 22.7. The highest BCUT2D eigenvalue weighted by molar-refractivity contribution is 7.93. The van der Waals surface area contributed by atoms with Gasteiger partial charge in [-0.25, -0.2) is 22.8 Å². The van der Waals surface area contributed by atoms with E-state index in [9.17, 15) is 12.8 Å². The molecule has 0 bridgehead atoms. The molecule has 0 spiro atoms. The number of benzene rings is 1. The molecule has 0 aliphatic carbocycles. The minimum Gasteiger partial charge on any atom is -0.494 e. The van der Waals surface area contributed by atoms with Crippen molar-refractivity contribution in [1.29, 1.82) is 0 Å². The van der Waals surface area contributed by atoms with Gasteiger partial charge in [-0.2, -0.15) is 0 Å². The molecule has 2 aromatic heterocycles. The summed E-state index contributed by atoms with van der Waals surface area (Å²) in [7, 11) is -1.08. The number of nitrogens with one attached hydrogen (secondary N) is 1. The van der Waals surface area contributed by atoms with Crippen LogP contribution >= 0.6 is 0 Å². The molecule has 38 heavy (non-hydrogen) atoms. The number of para-hydroxylation sites is 1. The van der Waals surface area contributed by atoms with Gasteiger partial charge < -0.3 is 9.47 Å². The lowest BCUT2D eigenvalue weighted by Gasteiger charge is -2.19. The van der Waals surface area contributed by atoms with Crippen LogP contribution in [0.2, 0.25) is 0 Å². The van der Waals surface area contributed by atoms with Gasteiger partial charge in [0.2, 0.25) is 16.0 Å². The predicted octanol–water partition coefficient (Wildman–Crippen LogP) is 4.36. The number of anilines is 1. The van der Waals surface area contributed by atoms with Crippen molar-refractivity contribution in [1.82, 2.24) is 19.7 Å². The Bertz CT molecular complexity index is 1440. The summed E-state index contributed by atoms with van der Waals surface area (Å²) in [6.07, 6.45) is 4.92. The first-order valence-electron chi connectivity index (χ1n) is 11.6. The Kier molecular flexibility index (Phi) is 9.29. The van der Waals surface area contributed by atoms with Gasteiger partial charge in [0.1, 0.15) is 28.8 Å². The van der Waals surface area contributed by atoms with Crippen molar-refractivity contribution >= 4 is 28.5 Å². The fraction of sp³-hybridized carbons (Fsp3) is 0.320. The van der Waals surface area contributed by atoms with E-state index in [1.165, 1.54) is 32.6 Å². The van der Waals surface area contributed by atoms with Crippen molar-refractivity contribution in [3.63, 3.8) is 0 Å². The Balaban J connectivity index is 2.15. The minimum absolute atomic E-state index is 0.0656. The van der Waals surface area contributed by atoms with E-state index in [4.69, 9.17) is 9.47 Å². The first-order chi connectivity index (χ1) is 18.1. The van der Waals surface area contributed by atoms with Crippen LogP contribution in [0.4, 0.5) is 10.3 Å². The molecule has 13 heteroatoms. The molecular formula is C25H30FN7O4S. The van der Waals surface area contributed by atoms with E-state index in [0.29, 0.717) is 28.6 Å². The van der Waals surface area contributed by atoms with Crippen molar-refractivity contribution in [2.75, 3.05) is 18.9 Å². The SMILES string of the molecule is C=NC(C[C@@H](C)S(=O)(=O)Nc1nnc(-c2cncc(CC)c2)n1-c1c(OC)cccc1OC)=N/C=C(\C)F. The van der Waals surface area contributed by atoms with E-state index >= 15 is 0 Å². The molecule has 1 atom stereocenters. The van der Waals surface area contributed by atoms with Crippen LogP contribution in [-0.4, -0.2) is 60.2 Å². The number of aliphatic imine (C=N–C) groups is 2. The van der Waals surface area contributed by atoms with Crippen LogP contribution in [0.15, 0.2) is 58.7 Å². The van der Waals surface area contributed by atoms with Gasteiger partial charge >= 0.3 is 0 Å². The number of hydrogen-bond acceptors (Lipinski definition) is 8. The summed E-state index contributed by atoms with van der Waals surface area (Å²) in [4.78, 5) is 11.9. The fourth-order valence-corrected chi connectivity index (χ4v) is 4.48. The summed E-state index contributed by atoms with van der Waals surface area (Å²) in [5.41, 5.74) is 1.96. The zero-order valence-electron chi connectivity index (χ0n) is 21.8. The number of hydrogen-bond donors (Lipinski definition) is 1. The van der Waals surface area contributed by atoms with Gasteiger partial charge in [-0.3, -0.25) is 14.3 Å². The monoisotopic (exact) mass is 543 g/mol. The van der Waals surface area contributed by atoms with Crippen molar-refractivity contribution in [3.8, 4) is 28.6 Å². The number of halogens is 1. The van der Waals surface area contributed by atoms with Crippen LogP contribution in [0.5, 0.6) is 11.5 Å². The van der Waals surface area contributed by atoms with Gasteiger partial charge in [0.05, 0.1) is 25.7 Å². The average molecular weight is 544 g/mol. The lowest BCUT2D eigenvalue weighted by molar-refractivity contribution is 0.391. The molecule has 1 aromatic carbocycles. The van der Waals surface area contributed by atoms with Gasteiger partial charge in [0.25, 0.3) is 0 Å². The number of pyridine rings is 1. The van der Waals surface area contributed by atoms with Crippen molar-refractivity contribution in [2.45, 2.75) is 38.9 Å². The van der Waals surface area contributed by atoms with Crippen LogP contribution in [0.25, 0.3) is 17.1 Å². The van der Waals surface area contributed by atoms with Gasteiger partial charge in [-0.05, 0) is 50.7 Å². The van der Waals surface area contributed by atoms with Crippen molar-refractivity contribution in [2.24, 2.45) is 9.98 Å². The third-order valence-electron chi connectivity index (χ3n) is 5.56. The highest BCUT2D eigenvalue weighted by atomic mass is 32.2. The second-order valence-electron chi connectivity index (χ2n) is 8.21. The maximum Gasteiger partial charge on any atom is 0.243 e. The zero-order chi connectivity index (χ0) is 27.9. The van der Waals surface area contributed by atoms with E-state index in [0.717, 1.165) is 18.2 Å². The number of rotatable bonds is 11. The molecule has 0 radical (unpaired) electrons. The molecule has 0 amide bonds. The molecule has 2 heterocycles. The first kappa shape index (κ1) is 28.4. The average Bonchev–Trinajstić information content (AvgIpc) is 3.32. The largest absolute Gasteiger partial charge is 0.494 e. The molecule has 202 valence electrons. The molecule has 0 aliphatic rings. The molecule has 0 saturated carbocycles. The lowest BCUT2D eigenvalue weighted by Crippen LogP contribution is -2.28. The number of nitrogens with zero attached hydrogens (tertiary/aromatic N) is 6. The van der Waals surface area contributed by atoms with Crippen LogP contribution < -0.4 is 14.2 Å². The third-order valence-corrected chi connectivity index (χ3v) is 7.25. The van der Waals surface area contributed by atoms with Crippen LogP contribution in [-0.2, 0) is 16.4 Å². The van der Waals surface area contributed by atoms with Gasteiger partial charge in [-0.15, -0.1) is 10.2 Å². The van der Waals surface area contributed by atoms with E-state index in [2.05, 4.69) is 36.6 Å². The molecule has 11 nitrogen and oxygen atoms in total. The van der Waals surface area contributed by atoms with Crippen LogP contribution in [0.1, 0.15) is 32.8 Å². The van der Waals surface area contributed by atoms with Gasteiger partial charge in [-0.1, -0.05) is 13.0 Å². The van der Waals surface area contributed by atoms with Gasteiger partial charge in [0.15, 0.2) is 5.82 Å². The topological polar surface area (TPSA) is 133 Å². The van der Waals surface area contributed by atoms with E-state index in [1.807, 2.05) is 13.0 Å². The maximum atomic E-state index is 13.4. The second kappa shape index (κ2) is 12.4. The highest BCUT2D eigenvalue weighted by Gasteiger charge is 2.28. The molecule has 3 rings (SSSR count). The van der Waals surface area contributed by atoms with Crippen LogP contribution in [0, 0.1) is 0 Å². The summed E-state index contributed by atoms with van der Waals surface area (Å²) in [6.45, 7) is 8.07. The smallest absolute Gasteiger partial charge is 0.243 e. The predicted molar refractivity (Wildman–Crippen MR) is 146 cm³/mol. The molecule has 1 N–H and O–H groups in total. The summed E-state index contributed by atoms with van der Waals surface area (Å²) < 4.78 is 55.0. The number of ether oxygens (including phenoxy) is 2.